The molecule has 22 heavy (non-hydrogen) atoms. The summed E-state index contributed by atoms with van der Waals surface area (Å²) in [5.74, 6) is -0.660. The molecule has 120 valence electrons. The van der Waals surface area contributed by atoms with Crippen molar-refractivity contribution in [3.8, 4) is 5.88 Å². The van der Waals surface area contributed by atoms with E-state index in [1.54, 1.807) is 6.92 Å². The highest BCUT2D eigenvalue weighted by molar-refractivity contribution is 5.96. The van der Waals surface area contributed by atoms with Gasteiger partial charge in [-0.15, -0.1) is 0 Å². The second-order valence-corrected chi connectivity index (χ2v) is 4.39. The third kappa shape index (κ3) is 5.55. The quantitative estimate of drug-likeness (QED) is 0.417. The zero-order valence-electron chi connectivity index (χ0n) is 13.1. The van der Waals surface area contributed by atoms with Crippen molar-refractivity contribution in [1.29, 1.82) is 0 Å². The molecule has 0 bridgehead atoms. The Morgan fingerprint density at radius 1 is 1.27 bits per heavy atom. The first-order valence-corrected chi connectivity index (χ1v) is 7.18. The molecule has 1 heterocycles. The average molecular weight is 307 g/mol. The van der Waals surface area contributed by atoms with Crippen LogP contribution in [0.15, 0.2) is 18.3 Å². The van der Waals surface area contributed by atoms with E-state index in [0.29, 0.717) is 18.1 Å². The van der Waals surface area contributed by atoms with Gasteiger partial charge in [0.1, 0.15) is 0 Å². The van der Waals surface area contributed by atoms with Crippen LogP contribution in [-0.2, 0) is 14.3 Å². The molecule has 0 aromatic carbocycles. The van der Waals surface area contributed by atoms with Gasteiger partial charge in [0, 0.05) is 23.9 Å². The van der Waals surface area contributed by atoms with E-state index in [4.69, 9.17) is 14.2 Å². The molecule has 0 N–H and O–H groups in total. The fraction of sp³-hybridized carbons (Fsp3) is 0.438. The summed E-state index contributed by atoms with van der Waals surface area (Å²) in [5.41, 5.74) is 0.748. The number of carbonyl (C=O) groups excluding carboxylic acids is 2. The monoisotopic (exact) mass is 307 g/mol. The Hall–Kier alpha value is -2.37. The van der Waals surface area contributed by atoms with Crippen molar-refractivity contribution in [3.05, 3.63) is 29.5 Å². The normalized spacial score (nSPS) is 10.5. The van der Waals surface area contributed by atoms with Crippen LogP contribution in [-0.4, -0.2) is 37.2 Å². The highest BCUT2D eigenvalue weighted by Crippen LogP contribution is 2.17. The summed E-state index contributed by atoms with van der Waals surface area (Å²) in [5, 5.41) is 0. The zero-order chi connectivity index (χ0) is 16.4. The van der Waals surface area contributed by atoms with Gasteiger partial charge >= 0.3 is 11.9 Å². The number of ether oxygens (including phenoxy) is 3. The molecule has 1 rings (SSSR count). The van der Waals surface area contributed by atoms with E-state index >= 15 is 0 Å². The molecular weight excluding hydrogens is 286 g/mol. The van der Waals surface area contributed by atoms with Gasteiger partial charge in [0.25, 0.3) is 0 Å². The number of pyridine rings is 1. The summed E-state index contributed by atoms with van der Waals surface area (Å²) in [6.07, 6.45) is 5.96. The van der Waals surface area contributed by atoms with Gasteiger partial charge in [-0.25, -0.2) is 14.6 Å². The van der Waals surface area contributed by atoms with Gasteiger partial charge in [0.15, 0.2) is 0 Å². The second kappa shape index (κ2) is 9.55. The number of aromatic nitrogens is 1. The van der Waals surface area contributed by atoms with Crippen molar-refractivity contribution in [1.82, 2.24) is 4.98 Å². The lowest BCUT2D eigenvalue weighted by molar-refractivity contribution is -0.137. The van der Waals surface area contributed by atoms with Crippen LogP contribution < -0.4 is 4.74 Å². The van der Waals surface area contributed by atoms with Crippen molar-refractivity contribution < 1.29 is 23.8 Å². The van der Waals surface area contributed by atoms with Crippen LogP contribution in [0.2, 0.25) is 0 Å². The van der Waals surface area contributed by atoms with Crippen molar-refractivity contribution in [2.45, 2.75) is 26.7 Å². The average Bonchev–Trinajstić information content (AvgIpc) is 2.53. The maximum absolute atomic E-state index is 11.9. The molecule has 0 atom stereocenters. The minimum absolute atomic E-state index is 0.256. The van der Waals surface area contributed by atoms with Crippen LogP contribution in [0.4, 0.5) is 0 Å². The zero-order valence-corrected chi connectivity index (χ0v) is 13.1. The molecule has 0 spiro atoms. The molecule has 6 nitrogen and oxygen atoms in total. The van der Waals surface area contributed by atoms with E-state index in [-0.39, 0.29) is 12.2 Å². The molecule has 0 aliphatic carbocycles. The number of nitrogens with zero attached hydrogens (tertiary/aromatic N) is 1. The Labute approximate surface area is 130 Å². The first-order chi connectivity index (χ1) is 10.6. The van der Waals surface area contributed by atoms with Crippen LogP contribution >= 0.6 is 0 Å². The molecule has 0 unspecified atom stereocenters. The minimum atomic E-state index is -0.498. The van der Waals surface area contributed by atoms with Crippen molar-refractivity contribution in [2.75, 3.05) is 20.3 Å². The number of hydrogen-bond acceptors (Lipinski definition) is 6. The molecule has 6 heteroatoms. The molecule has 0 saturated heterocycles. The topological polar surface area (TPSA) is 74.7 Å². The Balaban J connectivity index is 2.88. The van der Waals surface area contributed by atoms with E-state index < -0.39 is 11.9 Å². The molecule has 0 fully saturated rings. The molecule has 0 aliphatic heterocycles. The van der Waals surface area contributed by atoms with E-state index in [1.165, 1.54) is 31.5 Å². The van der Waals surface area contributed by atoms with Crippen LogP contribution in [0.3, 0.4) is 0 Å². The third-order valence-electron chi connectivity index (χ3n) is 2.76. The summed E-state index contributed by atoms with van der Waals surface area (Å²) >= 11 is 0. The number of carbonyl (C=O) groups is 2. The summed E-state index contributed by atoms with van der Waals surface area (Å²) < 4.78 is 15.0. The summed E-state index contributed by atoms with van der Waals surface area (Å²) in [4.78, 5) is 27.5. The maximum atomic E-state index is 11.9. The number of unbranched alkanes of at least 4 members (excludes halogenated alkanes) is 1. The Kier molecular flexibility index (Phi) is 7.67. The molecule has 0 radical (unpaired) electrons. The SMILES string of the molecule is CCCCOC(=O)/C=C\c1cnc(OC)cc1C(=O)OCC. The van der Waals surface area contributed by atoms with Gasteiger partial charge in [-0.3, -0.25) is 0 Å². The molecule has 1 aromatic rings. The lowest BCUT2D eigenvalue weighted by atomic mass is 10.1. The van der Waals surface area contributed by atoms with Gasteiger partial charge < -0.3 is 14.2 Å². The summed E-state index contributed by atoms with van der Waals surface area (Å²) in [6.45, 7) is 4.37. The number of esters is 2. The Bertz CT molecular complexity index is 539. The summed E-state index contributed by atoms with van der Waals surface area (Å²) in [7, 11) is 1.46. The van der Waals surface area contributed by atoms with Crippen LogP contribution in [0, 0.1) is 0 Å². The predicted molar refractivity (Wildman–Crippen MR) is 81.6 cm³/mol. The lowest BCUT2D eigenvalue weighted by Crippen LogP contribution is -2.08. The van der Waals surface area contributed by atoms with E-state index in [1.807, 2.05) is 6.92 Å². The fourth-order valence-corrected chi connectivity index (χ4v) is 1.60. The highest BCUT2D eigenvalue weighted by atomic mass is 16.5. The molecule has 0 saturated carbocycles. The largest absolute Gasteiger partial charge is 0.481 e. The Morgan fingerprint density at radius 2 is 2.05 bits per heavy atom. The van der Waals surface area contributed by atoms with Crippen molar-refractivity contribution >= 4 is 18.0 Å². The fourth-order valence-electron chi connectivity index (χ4n) is 1.60. The Morgan fingerprint density at radius 3 is 2.68 bits per heavy atom. The number of hydrogen-bond donors (Lipinski definition) is 0. The van der Waals surface area contributed by atoms with Crippen LogP contribution in [0.1, 0.15) is 42.6 Å². The summed E-state index contributed by atoms with van der Waals surface area (Å²) in [6, 6.07) is 1.47. The third-order valence-corrected chi connectivity index (χ3v) is 2.76. The molecule has 1 aromatic heterocycles. The van der Waals surface area contributed by atoms with Crippen molar-refractivity contribution in [2.24, 2.45) is 0 Å². The van der Waals surface area contributed by atoms with Gasteiger partial charge in [-0.05, 0) is 19.4 Å². The van der Waals surface area contributed by atoms with E-state index in [9.17, 15) is 9.59 Å². The molecule has 0 amide bonds. The molecular formula is C16H21NO5. The van der Waals surface area contributed by atoms with Crippen molar-refractivity contribution in [3.63, 3.8) is 0 Å². The lowest BCUT2D eigenvalue weighted by Gasteiger charge is -2.07. The van der Waals surface area contributed by atoms with Gasteiger partial charge in [-0.2, -0.15) is 0 Å². The van der Waals surface area contributed by atoms with Crippen LogP contribution in [0.25, 0.3) is 6.08 Å². The number of rotatable bonds is 8. The number of methoxy groups -OCH3 is 1. The second-order valence-electron chi connectivity index (χ2n) is 4.39. The first-order valence-electron chi connectivity index (χ1n) is 7.18. The van der Waals surface area contributed by atoms with E-state index in [2.05, 4.69) is 4.98 Å². The van der Waals surface area contributed by atoms with Crippen LogP contribution in [0.5, 0.6) is 5.88 Å². The predicted octanol–water partition coefficient (Wildman–Crippen LogP) is 2.62. The highest BCUT2D eigenvalue weighted by Gasteiger charge is 2.13. The smallest absolute Gasteiger partial charge is 0.338 e. The standard InChI is InChI=1S/C16H21NO5/c1-4-6-9-22-15(18)8-7-12-11-17-14(20-3)10-13(12)16(19)21-5-2/h7-8,10-11H,4-6,9H2,1-3H3/b8-7-. The first kappa shape index (κ1) is 17.7. The maximum Gasteiger partial charge on any atom is 0.338 e. The van der Waals surface area contributed by atoms with E-state index in [0.717, 1.165) is 12.8 Å². The van der Waals surface area contributed by atoms with Gasteiger partial charge in [-0.1, -0.05) is 13.3 Å². The molecule has 0 aliphatic rings. The van der Waals surface area contributed by atoms with Gasteiger partial charge in [0.2, 0.25) is 5.88 Å². The minimum Gasteiger partial charge on any atom is -0.481 e. The van der Waals surface area contributed by atoms with Gasteiger partial charge in [0.05, 0.1) is 25.9 Å².